The molecule has 4 spiro atoms. The molecule has 0 aromatic heterocycles. The fourth-order valence-corrected chi connectivity index (χ4v) is 21.1. The first-order valence-corrected chi connectivity index (χ1v) is 42.4. The number of hydrogen-bond acceptors (Lipinski definition) is 16. The van der Waals surface area contributed by atoms with Crippen LogP contribution in [-0.4, -0.2) is 257 Å². The molecular formula is C79H114N16O12S2. The summed E-state index contributed by atoms with van der Waals surface area (Å²) < 4.78 is 46.4. The van der Waals surface area contributed by atoms with E-state index in [1.54, 1.807) is 19.6 Å². The van der Waals surface area contributed by atoms with Crippen molar-refractivity contribution in [1.82, 2.24) is 71.5 Å². The highest BCUT2D eigenvalue weighted by atomic mass is 32.2. The minimum absolute atomic E-state index is 0.000864. The number of carbonyl (C=O) groups excluding carboxylic acids is 8. The Labute approximate surface area is 642 Å². The molecular weight excluding hydrogens is 1430 g/mol. The number of sulfone groups is 2. The Bertz CT molecular complexity index is 3930. The first kappa shape index (κ1) is 81.6. The van der Waals surface area contributed by atoms with Crippen LogP contribution in [0.5, 0.6) is 0 Å². The van der Waals surface area contributed by atoms with Gasteiger partial charge in [-0.25, -0.2) is 36.0 Å². The van der Waals surface area contributed by atoms with Crippen molar-refractivity contribution >= 4 is 67.4 Å². The number of primary amides is 2. The van der Waals surface area contributed by atoms with Crippen LogP contribution >= 0.6 is 0 Å². The van der Waals surface area contributed by atoms with E-state index in [1.807, 2.05) is 31.3 Å². The molecule has 0 bridgehead atoms. The van der Waals surface area contributed by atoms with Gasteiger partial charge >= 0.3 is 24.1 Å². The van der Waals surface area contributed by atoms with Crippen molar-refractivity contribution in [2.24, 2.45) is 11.5 Å². The number of carbonyl (C=O) groups is 8. The molecule has 6 saturated heterocycles. The van der Waals surface area contributed by atoms with Gasteiger partial charge in [0.2, 0.25) is 23.6 Å². The summed E-state index contributed by atoms with van der Waals surface area (Å²) in [6.07, 6.45) is 14.4. The molecule has 14 rings (SSSR count). The summed E-state index contributed by atoms with van der Waals surface area (Å²) in [5.41, 5.74) is 14.3. The topological polar surface area (TPSA) is 364 Å². The van der Waals surface area contributed by atoms with E-state index in [0.717, 1.165) is 116 Å². The lowest BCUT2D eigenvalue weighted by Crippen LogP contribution is -2.54. The minimum Gasteiger partial charge on any atom is -0.368 e. The lowest BCUT2D eigenvalue weighted by Gasteiger charge is -2.48. The zero-order valence-electron chi connectivity index (χ0n) is 64.1. The first-order valence-electron chi connectivity index (χ1n) is 38.8. The van der Waals surface area contributed by atoms with Crippen molar-refractivity contribution in [3.8, 4) is 0 Å². The van der Waals surface area contributed by atoms with Gasteiger partial charge in [0, 0.05) is 74.5 Å². The van der Waals surface area contributed by atoms with Gasteiger partial charge in [-0.1, -0.05) is 135 Å². The highest BCUT2D eigenvalue weighted by Crippen LogP contribution is 2.48. The van der Waals surface area contributed by atoms with E-state index in [2.05, 4.69) is 167 Å². The van der Waals surface area contributed by atoms with Crippen LogP contribution in [0.3, 0.4) is 0 Å². The van der Waals surface area contributed by atoms with E-state index in [4.69, 9.17) is 11.5 Å². The molecule has 6 aliphatic heterocycles. The van der Waals surface area contributed by atoms with Crippen molar-refractivity contribution < 1.29 is 55.2 Å². The van der Waals surface area contributed by atoms with Gasteiger partial charge in [-0.15, -0.1) is 0 Å². The molecule has 6 heterocycles. The molecule has 30 heteroatoms. The van der Waals surface area contributed by atoms with Crippen molar-refractivity contribution in [3.63, 3.8) is 0 Å². The van der Waals surface area contributed by atoms with Crippen LogP contribution in [0.15, 0.2) is 121 Å². The van der Waals surface area contributed by atoms with Gasteiger partial charge in [0.15, 0.2) is 19.7 Å². The molecule has 594 valence electrons. The summed E-state index contributed by atoms with van der Waals surface area (Å²) in [6.45, 7) is 8.97. The van der Waals surface area contributed by atoms with Gasteiger partial charge in [-0.05, 0) is 159 Å². The number of nitrogens with two attached hydrogens (primary N) is 2. The highest BCUT2D eigenvalue weighted by molar-refractivity contribution is 7.91. The molecule has 28 nitrogen and oxygen atoms in total. The molecule has 109 heavy (non-hydrogen) atoms. The van der Waals surface area contributed by atoms with E-state index < -0.39 is 31.5 Å². The van der Waals surface area contributed by atoms with E-state index in [1.165, 1.54) is 32.1 Å². The number of hydrogen-bond donors (Lipinski definition) is 9. The lowest BCUT2D eigenvalue weighted by molar-refractivity contribution is -0.132. The molecule has 11 N–H and O–H groups in total. The number of nitrogens with zero attached hydrogens (tertiary/aromatic N) is 7. The monoisotopic (exact) mass is 1540 g/mol. The molecule has 4 aromatic rings. The third-order valence-electron chi connectivity index (χ3n) is 25.2. The van der Waals surface area contributed by atoms with Crippen molar-refractivity contribution in [1.29, 1.82) is 0 Å². The van der Waals surface area contributed by atoms with Crippen LogP contribution in [0.1, 0.15) is 139 Å². The molecule has 10 fully saturated rings. The Hall–Kier alpha value is -8.42. The number of rotatable bonds is 18. The second kappa shape index (κ2) is 33.7. The third-order valence-corrected chi connectivity index (χ3v) is 28.4. The number of nitrogens with one attached hydrogen (secondary N) is 7. The predicted molar refractivity (Wildman–Crippen MR) is 417 cm³/mol. The van der Waals surface area contributed by atoms with E-state index in [0.29, 0.717) is 26.2 Å². The average Bonchev–Trinajstić information content (AvgIpc) is 1.73. The Morgan fingerprint density at radius 2 is 0.651 bits per heavy atom. The minimum atomic E-state index is -3.04. The van der Waals surface area contributed by atoms with Crippen LogP contribution < -0.4 is 48.7 Å². The molecule has 10 aliphatic rings. The van der Waals surface area contributed by atoms with Crippen LogP contribution in [0.4, 0.5) is 19.2 Å². The average molecular weight is 1540 g/mol. The largest absolute Gasteiger partial charge is 0.368 e. The second-order valence-electron chi connectivity index (χ2n) is 32.2. The molecule has 4 saturated carbocycles. The third kappa shape index (κ3) is 18.8. The number of benzene rings is 4. The predicted octanol–water partition coefficient (Wildman–Crippen LogP) is 4.36. The first-order chi connectivity index (χ1) is 51.9. The number of urea groups is 4. The zero-order chi connectivity index (χ0) is 78.1. The lowest BCUT2D eigenvalue weighted by atomic mass is 9.69. The quantitative estimate of drug-likeness (QED) is 0.0668. The van der Waals surface area contributed by atoms with Gasteiger partial charge in [0.05, 0.1) is 45.2 Å². The Kier molecular flexibility index (Phi) is 25.2. The summed E-state index contributed by atoms with van der Waals surface area (Å²) >= 11 is 0. The highest BCUT2D eigenvalue weighted by Gasteiger charge is 2.54. The number of amides is 12. The molecule has 4 aliphatic carbocycles. The molecule has 0 radical (unpaired) electrons. The van der Waals surface area contributed by atoms with E-state index in [9.17, 15) is 55.2 Å². The van der Waals surface area contributed by atoms with Gasteiger partial charge in [-0.3, -0.25) is 24.1 Å². The molecule has 12 amide bonds. The molecule has 0 unspecified atom stereocenters. The zero-order valence-corrected chi connectivity index (χ0v) is 65.7. The Balaban J connectivity index is 0.000000146. The van der Waals surface area contributed by atoms with Gasteiger partial charge in [0.1, 0.15) is 26.2 Å². The molecule has 4 aromatic carbocycles. The van der Waals surface area contributed by atoms with Crippen LogP contribution in [0, 0.1) is 0 Å². The smallest absolute Gasteiger partial charge is 0.318 e. The van der Waals surface area contributed by atoms with Gasteiger partial charge in [0.25, 0.3) is 0 Å². The van der Waals surface area contributed by atoms with Gasteiger partial charge < -0.3 is 78.1 Å². The summed E-state index contributed by atoms with van der Waals surface area (Å²) in [5.74, 6) is -1.29. The maximum absolute atomic E-state index is 12.7. The summed E-state index contributed by atoms with van der Waals surface area (Å²) in [4.78, 5) is 109. The van der Waals surface area contributed by atoms with Crippen molar-refractivity contribution in [2.75, 3.05) is 136 Å². The Morgan fingerprint density at radius 3 is 0.917 bits per heavy atom. The van der Waals surface area contributed by atoms with E-state index >= 15 is 0 Å². The fourth-order valence-electron chi connectivity index (χ4n) is 18.7. The maximum atomic E-state index is 12.7. The normalized spacial score (nSPS) is 30.3. The standard InChI is InChI=1S/2C22H32N4O4S.C18H26N4O2.C17H24N4O2/c2*1-2-23-22(18-6-4-3-5-7-18)10-8-21(9-11-22)17-26(20(28)24-21)16-19(27)25-12-14-31(29,30)15-13-25;1-21(2)18(14-6-4-3-5-7-14)10-8-17(9-11-18)13-22(12-15(19)23)16(24)20-17;1-19-17(13-5-3-2-4-6-13)9-7-16(8-10-17)12-21(11-14(18)22)15(23)20-16/h2*3-7,23H,2,8-17H2,1H3,(H,24,28);3-7H,8-13H2,1-2H3,(H2,19,23)(H,20,24);2-6,19H,7-12H2,1H3,(H2,18,22)(H,20,23). The van der Waals surface area contributed by atoms with Crippen molar-refractivity contribution in [3.05, 3.63) is 144 Å². The van der Waals surface area contributed by atoms with Crippen LogP contribution in [-0.2, 0) is 61.0 Å². The SMILES string of the molecule is CCNC1(c2ccccc2)CCC2(CC1)CN(CC(=O)N1CCS(=O)(=O)CC1)C(=O)N2.CCNC1(c2ccccc2)CCC2(CC1)CN(CC(=O)N1CCS(=O)(=O)CC1)C(=O)N2.CN(C)C1(c2ccccc2)CCC2(CC1)CN(CC(N)=O)C(=O)N2.CNC1(c2ccccc2)CCC2(CC1)CN(CC(N)=O)C(=O)N2. The fraction of sp³-hybridized carbons (Fsp3) is 0.595. The Morgan fingerprint density at radius 1 is 0.394 bits per heavy atom. The maximum Gasteiger partial charge on any atom is 0.318 e. The summed E-state index contributed by atoms with van der Waals surface area (Å²) in [5, 5.41) is 23.4. The summed E-state index contributed by atoms with van der Waals surface area (Å²) in [7, 11) is 0.161. The van der Waals surface area contributed by atoms with Crippen molar-refractivity contribution in [2.45, 2.75) is 161 Å². The second-order valence-corrected chi connectivity index (χ2v) is 36.8. The van der Waals surface area contributed by atoms with Crippen LogP contribution in [0.25, 0.3) is 0 Å². The van der Waals surface area contributed by atoms with E-state index in [-0.39, 0.29) is 156 Å². The molecule has 0 atom stereocenters. The van der Waals surface area contributed by atoms with Crippen LogP contribution in [0.2, 0.25) is 0 Å². The summed E-state index contributed by atoms with van der Waals surface area (Å²) in [6, 6.07) is 41.2. The van der Waals surface area contributed by atoms with Gasteiger partial charge in [-0.2, -0.15) is 0 Å².